The van der Waals surface area contributed by atoms with Crippen LogP contribution in [-0.4, -0.2) is 30.3 Å². The highest BCUT2D eigenvalue weighted by atomic mass is 16.1. The molecule has 72 valence electrons. The molecule has 2 heteroatoms. The van der Waals surface area contributed by atoms with Gasteiger partial charge in [-0.15, -0.1) is 0 Å². The monoisotopic (exact) mass is 171 g/mol. The molecule has 0 aromatic carbocycles. The van der Waals surface area contributed by atoms with Crippen LogP contribution < -0.4 is 0 Å². The molecule has 0 bridgehead atoms. The summed E-state index contributed by atoms with van der Waals surface area (Å²) in [6.45, 7) is 6.95. The Labute approximate surface area is 75.9 Å². The first-order valence-corrected chi connectivity index (χ1v) is 4.83. The van der Waals surface area contributed by atoms with Gasteiger partial charge in [0, 0.05) is 12.5 Å². The highest BCUT2D eigenvalue weighted by Gasteiger charge is 2.09. The van der Waals surface area contributed by atoms with Crippen LogP contribution in [0.2, 0.25) is 0 Å². The molecule has 0 aromatic rings. The Morgan fingerprint density at radius 3 is 2.42 bits per heavy atom. The molecule has 0 amide bonds. The van der Waals surface area contributed by atoms with Crippen LogP contribution in [0.4, 0.5) is 0 Å². The van der Waals surface area contributed by atoms with Crippen molar-refractivity contribution in [2.24, 2.45) is 0 Å². The molecule has 0 N–H and O–H groups in total. The lowest BCUT2D eigenvalue weighted by Crippen LogP contribution is -2.33. The van der Waals surface area contributed by atoms with E-state index in [4.69, 9.17) is 0 Å². The molecule has 2 nitrogen and oxygen atoms in total. The van der Waals surface area contributed by atoms with Gasteiger partial charge < -0.3 is 0 Å². The van der Waals surface area contributed by atoms with E-state index < -0.39 is 0 Å². The van der Waals surface area contributed by atoms with Crippen LogP contribution in [0.5, 0.6) is 0 Å². The third-order valence-corrected chi connectivity index (χ3v) is 2.30. The number of hydrogen-bond donors (Lipinski definition) is 0. The smallest absolute Gasteiger partial charge is 0.146 e. The largest absolute Gasteiger partial charge is 0.298 e. The Morgan fingerprint density at radius 1 is 1.42 bits per heavy atom. The van der Waals surface area contributed by atoms with Gasteiger partial charge >= 0.3 is 0 Å². The summed E-state index contributed by atoms with van der Waals surface area (Å²) >= 11 is 0. The summed E-state index contributed by atoms with van der Waals surface area (Å²) in [4.78, 5) is 13.4. The molecule has 0 rings (SSSR count). The Hall–Kier alpha value is -0.370. The molecule has 0 aromatic heterocycles. The molecule has 1 atom stereocenters. The minimum Gasteiger partial charge on any atom is -0.298 e. The van der Waals surface area contributed by atoms with E-state index in [1.807, 2.05) is 14.0 Å². The number of carbonyl (C=O) groups is 1. The van der Waals surface area contributed by atoms with Crippen LogP contribution in [0.15, 0.2) is 0 Å². The van der Waals surface area contributed by atoms with Crippen LogP contribution >= 0.6 is 0 Å². The molecule has 0 aliphatic carbocycles. The fraction of sp³-hybridized carbons (Fsp3) is 0.900. The first-order valence-electron chi connectivity index (χ1n) is 4.83. The van der Waals surface area contributed by atoms with Crippen molar-refractivity contribution in [3.8, 4) is 0 Å². The van der Waals surface area contributed by atoms with E-state index >= 15 is 0 Å². The molecule has 12 heavy (non-hydrogen) atoms. The van der Waals surface area contributed by atoms with Crippen LogP contribution in [0.1, 0.15) is 40.0 Å². The summed E-state index contributed by atoms with van der Waals surface area (Å²) in [6.07, 6.45) is 2.80. The first kappa shape index (κ1) is 11.6. The molecule has 0 heterocycles. The van der Waals surface area contributed by atoms with Crippen molar-refractivity contribution in [1.82, 2.24) is 4.90 Å². The van der Waals surface area contributed by atoms with E-state index in [0.717, 1.165) is 19.3 Å². The molecule has 0 aliphatic rings. The Balaban J connectivity index is 3.67. The Bertz CT molecular complexity index is 134. The fourth-order valence-electron chi connectivity index (χ4n) is 1.10. The van der Waals surface area contributed by atoms with Crippen LogP contribution in [0, 0.1) is 0 Å². The van der Waals surface area contributed by atoms with Gasteiger partial charge in [-0.05, 0) is 26.8 Å². The van der Waals surface area contributed by atoms with E-state index in [9.17, 15) is 4.79 Å². The number of Topliss-reactive ketones (excluding diaryl/α,β-unsaturated/α-hetero) is 1. The second-order valence-electron chi connectivity index (χ2n) is 3.46. The van der Waals surface area contributed by atoms with Gasteiger partial charge in [0.25, 0.3) is 0 Å². The van der Waals surface area contributed by atoms with E-state index in [1.165, 1.54) is 0 Å². The molecule has 0 saturated heterocycles. The maximum absolute atomic E-state index is 11.2. The zero-order chi connectivity index (χ0) is 9.56. The molecular formula is C10H21NO. The minimum atomic E-state index is 0.361. The Kier molecular flexibility index (Phi) is 5.99. The van der Waals surface area contributed by atoms with Crippen molar-refractivity contribution >= 4 is 5.78 Å². The molecule has 0 spiro atoms. The molecule has 0 radical (unpaired) electrons. The summed E-state index contributed by atoms with van der Waals surface area (Å²) < 4.78 is 0. The van der Waals surface area contributed by atoms with Gasteiger partial charge in [0.1, 0.15) is 5.78 Å². The average molecular weight is 171 g/mol. The lowest BCUT2D eigenvalue weighted by atomic mass is 10.2. The standard InChI is InChI=1S/C10H21NO/c1-5-7-10(12)8-11(4)9(3)6-2/h9H,5-8H2,1-4H3. The van der Waals surface area contributed by atoms with Gasteiger partial charge in [0.2, 0.25) is 0 Å². The third kappa shape index (κ3) is 4.50. The number of nitrogens with zero attached hydrogens (tertiary/aromatic N) is 1. The zero-order valence-electron chi connectivity index (χ0n) is 8.76. The molecular weight excluding hydrogens is 150 g/mol. The second-order valence-corrected chi connectivity index (χ2v) is 3.46. The van der Waals surface area contributed by atoms with Crippen LogP contribution in [0.25, 0.3) is 0 Å². The number of likely N-dealkylation sites (N-methyl/N-ethyl adjacent to an activating group) is 1. The third-order valence-electron chi connectivity index (χ3n) is 2.30. The number of rotatable bonds is 6. The molecule has 1 unspecified atom stereocenters. The highest BCUT2D eigenvalue weighted by Crippen LogP contribution is 2.01. The summed E-state index contributed by atoms with van der Waals surface area (Å²) in [5.41, 5.74) is 0. The van der Waals surface area contributed by atoms with Crippen molar-refractivity contribution in [3.63, 3.8) is 0 Å². The topological polar surface area (TPSA) is 20.3 Å². The van der Waals surface area contributed by atoms with Gasteiger partial charge in [-0.3, -0.25) is 9.69 Å². The maximum Gasteiger partial charge on any atom is 0.146 e. The van der Waals surface area contributed by atoms with Crippen molar-refractivity contribution in [2.45, 2.75) is 46.1 Å². The SMILES string of the molecule is CCCC(=O)CN(C)C(C)CC. The molecule has 0 fully saturated rings. The number of carbonyl (C=O) groups excluding carboxylic acids is 1. The highest BCUT2D eigenvalue weighted by molar-refractivity contribution is 5.80. The molecule has 0 saturated carbocycles. The van der Waals surface area contributed by atoms with E-state index in [2.05, 4.69) is 18.7 Å². The van der Waals surface area contributed by atoms with Crippen molar-refractivity contribution in [2.75, 3.05) is 13.6 Å². The predicted octanol–water partition coefficient (Wildman–Crippen LogP) is 2.09. The maximum atomic E-state index is 11.2. The summed E-state index contributed by atoms with van der Waals surface area (Å²) in [5.74, 6) is 0.361. The Morgan fingerprint density at radius 2 is 2.00 bits per heavy atom. The lowest BCUT2D eigenvalue weighted by molar-refractivity contribution is -0.120. The van der Waals surface area contributed by atoms with Crippen LogP contribution in [0.3, 0.4) is 0 Å². The second kappa shape index (κ2) is 6.18. The average Bonchev–Trinajstić information content (AvgIpc) is 2.03. The van der Waals surface area contributed by atoms with Crippen molar-refractivity contribution in [1.29, 1.82) is 0 Å². The van der Waals surface area contributed by atoms with E-state index in [0.29, 0.717) is 18.4 Å². The van der Waals surface area contributed by atoms with E-state index in [1.54, 1.807) is 0 Å². The van der Waals surface area contributed by atoms with Crippen molar-refractivity contribution in [3.05, 3.63) is 0 Å². The lowest BCUT2D eigenvalue weighted by Gasteiger charge is -2.22. The van der Waals surface area contributed by atoms with E-state index in [-0.39, 0.29) is 0 Å². The first-order chi connectivity index (χ1) is 5.61. The van der Waals surface area contributed by atoms with Crippen LogP contribution in [-0.2, 0) is 4.79 Å². The van der Waals surface area contributed by atoms with Crippen molar-refractivity contribution < 1.29 is 4.79 Å². The summed E-state index contributed by atoms with van der Waals surface area (Å²) in [5, 5.41) is 0. The fourth-order valence-corrected chi connectivity index (χ4v) is 1.10. The summed E-state index contributed by atoms with van der Waals surface area (Å²) in [6, 6.07) is 0.519. The van der Waals surface area contributed by atoms with Gasteiger partial charge in [-0.1, -0.05) is 13.8 Å². The van der Waals surface area contributed by atoms with Gasteiger partial charge in [0.15, 0.2) is 0 Å². The number of ketones is 1. The zero-order valence-corrected chi connectivity index (χ0v) is 8.76. The molecule has 0 aliphatic heterocycles. The van der Waals surface area contributed by atoms with Gasteiger partial charge in [-0.2, -0.15) is 0 Å². The normalized spacial score (nSPS) is 13.4. The van der Waals surface area contributed by atoms with Gasteiger partial charge in [0.05, 0.1) is 6.54 Å². The number of hydrogen-bond acceptors (Lipinski definition) is 2. The van der Waals surface area contributed by atoms with Gasteiger partial charge in [-0.25, -0.2) is 0 Å². The summed E-state index contributed by atoms with van der Waals surface area (Å²) in [7, 11) is 2.02. The predicted molar refractivity (Wildman–Crippen MR) is 52.3 cm³/mol. The quantitative estimate of drug-likeness (QED) is 0.610. The minimum absolute atomic E-state index is 0.361.